The molecule has 0 aliphatic carbocycles. The van der Waals surface area contributed by atoms with Gasteiger partial charge in [-0.2, -0.15) is 0 Å². The van der Waals surface area contributed by atoms with Crippen molar-refractivity contribution >= 4 is 29.2 Å². The van der Waals surface area contributed by atoms with Crippen molar-refractivity contribution < 1.29 is 14.3 Å². The maximum absolute atomic E-state index is 11.8. The molecule has 6 heteroatoms. The Morgan fingerprint density at radius 1 is 1.33 bits per heavy atom. The van der Waals surface area contributed by atoms with Crippen LogP contribution in [0.1, 0.15) is 31.3 Å². The van der Waals surface area contributed by atoms with E-state index in [1.54, 1.807) is 20.8 Å². The van der Waals surface area contributed by atoms with Crippen LogP contribution in [0.15, 0.2) is 12.1 Å². The van der Waals surface area contributed by atoms with Crippen LogP contribution in [-0.4, -0.2) is 24.0 Å². The number of hydrogen-bond donors (Lipinski definition) is 1. The molecule has 0 spiro atoms. The summed E-state index contributed by atoms with van der Waals surface area (Å²) in [5.74, 6) is -0.761. The first-order chi connectivity index (χ1) is 8.25. The van der Waals surface area contributed by atoms with Gasteiger partial charge in [-0.25, -0.2) is 9.78 Å². The second-order valence-electron chi connectivity index (χ2n) is 4.73. The van der Waals surface area contributed by atoms with Gasteiger partial charge >= 0.3 is 5.97 Å². The molecule has 0 bridgehead atoms. The summed E-state index contributed by atoms with van der Waals surface area (Å²) in [7, 11) is 1.26. The van der Waals surface area contributed by atoms with Gasteiger partial charge in [0.05, 0.1) is 12.8 Å². The predicted octanol–water partition coefficient (Wildman–Crippen LogP) is 2.51. The Morgan fingerprint density at radius 2 is 1.94 bits per heavy atom. The fourth-order valence-electron chi connectivity index (χ4n) is 1.06. The van der Waals surface area contributed by atoms with Crippen LogP contribution in [0.2, 0.25) is 5.15 Å². The highest BCUT2D eigenvalue weighted by atomic mass is 35.5. The van der Waals surface area contributed by atoms with Crippen molar-refractivity contribution in [3.05, 3.63) is 23.0 Å². The van der Waals surface area contributed by atoms with Crippen LogP contribution < -0.4 is 5.32 Å². The SMILES string of the molecule is COC(=O)c1ccc(NC(=O)C(C)(C)C)c(Cl)n1. The zero-order valence-electron chi connectivity index (χ0n) is 10.7. The second kappa shape index (κ2) is 5.35. The number of nitrogens with one attached hydrogen (secondary N) is 1. The highest BCUT2D eigenvalue weighted by Gasteiger charge is 2.22. The number of carbonyl (C=O) groups excluding carboxylic acids is 2. The van der Waals surface area contributed by atoms with Gasteiger partial charge in [-0.15, -0.1) is 0 Å². The first-order valence-electron chi connectivity index (χ1n) is 5.32. The zero-order chi connectivity index (χ0) is 13.9. The zero-order valence-corrected chi connectivity index (χ0v) is 11.5. The van der Waals surface area contributed by atoms with Gasteiger partial charge in [0.1, 0.15) is 5.69 Å². The number of nitrogens with zero attached hydrogens (tertiary/aromatic N) is 1. The van der Waals surface area contributed by atoms with Gasteiger partial charge in [0.25, 0.3) is 0 Å². The van der Waals surface area contributed by atoms with E-state index in [1.165, 1.54) is 19.2 Å². The van der Waals surface area contributed by atoms with Crippen molar-refractivity contribution in [1.82, 2.24) is 4.98 Å². The molecule has 18 heavy (non-hydrogen) atoms. The van der Waals surface area contributed by atoms with Crippen molar-refractivity contribution in [2.45, 2.75) is 20.8 Å². The lowest BCUT2D eigenvalue weighted by atomic mass is 9.95. The summed E-state index contributed by atoms with van der Waals surface area (Å²) in [6.45, 7) is 5.35. The summed E-state index contributed by atoms with van der Waals surface area (Å²) in [5, 5.41) is 2.70. The van der Waals surface area contributed by atoms with Crippen molar-refractivity contribution in [3.63, 3.8) is 0 Å². The smallest absolute Gasteiger partial charge is 0.356 e. The number of esters is 1. The Labute approximate surface area is 110 Å². The molecule has 5 nitrogen and oxygen atoms in total. The molecule has 0 saturated carbocycles. The lowest BCUT2D eigenvalue weighted by Crippen LogP contribution is -2.27. The lowest BCUT2D eigenvalue weighted by molar-refractivity contribution is -0.123. The summed E-state index contributed by atoms with van der Waals surface area (Å²) >= 11 is 5.89. The van der Waals surface area contributed by atoms with Gasteiger partial charge in [-0.1, -0.05) is 32.4 Å². The minimum Gasteiger partial charge on any atom is -0.464 e. The van der Waals surface area contributed by atoms with Gasteiger partial charge in [-0.05, 0) is 12.1 Å². The Bertz CT molecular complexity index is 481. The van der Waals surface area contributed by atoms with E-state index in [4.69, 9.17) is 11.6 Å². The molecule has 0 radical (unpaired) electrons. The number of halogens is 1. The van der Waals surface area contributed by atoms with Crippen LogP contribution in [0, 0.1) is 5.41 Å². The molecule has 0 atom stereocenters. The van der Waals surface area contributed by atoms with Crippen molar-refractivity contribution in [2.75, 3.05) is 12.4 Å². The Hall–Kier alpha value is -1.62. The van der Waals surface area contributed by atoms with Gasteiger partial charge in [0, 0.05) is 5.41 Å². The molecule has 0 aromatic carbocycles. The Kier molecular flexibility index (Phi) is 4.29. The standard InChI is InChI=1S/C12H15ClN2O3/c1-12(2,3)11(17)15-7-5-6-8(10(16)18-4)14-9(7)13/h5-6H,1-4H3,(H,15,17). The molecule has 0 aliphatic rings. The fraction of sp³-hybridized carbons (Fsp3) is 0.417. The number of amides is 1. The fourth-order valence-corrected chi connectivity index (χ4v) is 1.26. The molecular weight excluding hydrogens is 256 g/mol. The van der Waals surface area contributed by atoms with Crippen LogP contribution in [0.5, 0.6) is 0 Å². The van der Waals surface area contributed by atoms with Gasteiger partial charge in [0.2, 0.25) is 5.91 Å². The summed E-state index contributed by atoms with van der Waals surface area (Å²) in [5.41, 5.74) is -0.0786. The van der Waals surface area contributed by atoms with E-state index in [1.807, 2.05) is 0 Å². The summed E-state index contributed by atoms with van der Waals surface area (Å²) in [6.07, 6.45) is 0. The maximum Gasteiger partial charge on any atom is 0.356 e. The normalized spacial score (nSPS) is 10.9. The summed E-state index contributed by atoms with van der Waals surface area (Å²) in [6, 6.07) is 2.96. The molecule has 98 valence electrons. The molecule has 1 amide bonds. The number of aromatic nitrogens is 1. The monoisotopic (exact) mass is 270 g/mol. The van der Waals surface area contributed by atoms with E-state index in [9.17, 15) is 9.59 Å². The molecule has 1 aromatic rings. The van der Waals surface area contributed by atoms with Crippen LogP contribution in [0.3, 0.4) is 0 Å². The number of rotatable bonds is 2. The van der Waals surface area contributed by atoms with Gasteiger partial charge in [-0.3, -0.25) is 4.79 Å². The third kappa shape index (κ3) is 3.43. The van der Waals surface area contributed by atoms with E-state index >= 15 is 0 Å². The summed E-state index contributed by atoms with van der Waals surface area (Å²) in [4.78, 5) is 26.9. The van der Waals surface area contributed by atoms with E-state index in [0.717, 1.165) is 0 Å². The quantitative estimate of drug-likeness (QED) is 0.662. The van der Waals surface area contributed by atoms with Crippen molar-refractivity contribution in [2.24, 2.45) is 5.41 Å². The third-order valence-corrected chi connectivity index (χ3v) is 2.46. The van der Waals surface area contributed by atoms with Crippen molar-refractivity contribution in [1.29, 1.82) is 0 Å². The summed E-state index contributed by atoms with van der Waals surface area (Å²) < 4.78 is 4.52. The second-order valence-corrected chi connectivity index (χ2v) is 5.09. The highest BCUT2D eigenvalue weighted by Crippen LogP contribution is 2.23. The number of methoxy groups -OCH3 is 1. The lowest BCUT2D eigenvalue weighted by Gasteiger charge is -2.18. The van der Waals surface area contributed by atoms with E-state index < -0.39 is 11.4 Å². The maximum atomic E-state index is 11.8. The topological polar surface area (TPSA) is 68.3 Å². The number of carbonyl (C=O) groups is 2. The molecular formula is C12H15ClN2O3. The minimum atomic E-state index is -0.578. The first-order valence-corrected chi connectivity index (χ1v) is 5.70. The number of hydrogen-bond acceptors (Lipinski definition) is 4. The Balaban J connectivity index is 2.94. The largest absolute Gasteiger partial charge is 0.464 e. The molecule has 1 aromatic heterocycles. The van der Waals surface area contributed by atoms with E-state index in [2.05, 4.69) is 15.0 Å². The van der Waals surface area contributed by atoms with E-state index in [-0.39, 0.29) is 16.8 Å². The van der Waals surface area contributed by atoms with Crippen LogP contribution in [0.25, 0.3) is 0 Å². The number of anilines is 1. The van der Waals surface area contributed by atoms with Crippen LogP contribution in [0.4, 0.5) is 5.69 Å². The minimum absolute atomic E-state index is 0.0514. The van der Waals surface area contributed by atoms with Crippen LogP contribution in [-0.2, 0) is 9.53 Å². The number of ether oxygens (including phenoxy) is 1. The van der Waals surface area contributed by atoms with Crippen molar-refractivity contribution in [3.8, 4) is 0 Å². The molecule has 0 aliphatic heterocycles. The Morgan fingerprint density at radius 3 is 2.39 bits per heavy atom. The highest BCUT2D eigenvalue weighted by molar-refractivity contribution is 6.32. The number of pyridine rings is 1. The molecule has 0 unspecified atom stereocenters. The molecule has 1 rings (SSSR count). The van der Waals surface area contributed by atoms with Gasteiger partial charge in [0.15, 0.2) is 5.15 Å². The predicted molar refractivity (Wildman–Crippen MR) is 68.7 cm³/mol. The van der Waals surface area contributed by atoms with Crippen LogP contribution >= 0.6 is 11.6 Å². The van der Waals surface area contributed by atoms with Gasteiger partial charge < -0.3 is 10.1 Å². The molecule has 0 saturated heterocycles. The van der Waals surface area contributed by atoms with E-state index in [0.29, 0.717) is 5.69 Å². The first kappa shape index (κ1) is 14.4. The third-order valence-electron chi connectivity index (χ3n) is 2.17. The molecule has 0 fully saturated rings. The molecule has 1 heterocycles. The average molecular weight is 271 g/mol. The molecule has 1 N–H and O–H groups in total. The average Bonchev–Trinajstić information content (AvgIpc) is 2.29.